The van der Waals surface area contributed by atoms with E-state index < -0.39 is 0 Å². The lowest BCUT2D eigenvalue weighted by molar-refractivity contribution is -0.132. The molecule has 4 heteroatoms. The zero-order valence-corrected chi connectivity index (χ0v) is 10.9. The Balaban J connectivity index is 2.24. The number of aliphatic hydroxyl groups excluding tert-OH is 1. The van der Waals surface area contributed by atoms with Gasteiger partial charge in [0.1, 0.15) is 0 Å². The van der Waals surface area contributed by atoms with Crippen LogP contribution in [0, 0.1) is 0 Å². The molecule has 1 fully saturated rings. The Hall–Kier alpha value is -0.610. The van der Waals surface area contributed by atoms with Gasteiger partial charge in [-0.2, -0.15) is 0 Å². The molecule has 1 saturated heterocycles. The summed E-state index contributed by atoms with van der Waals surface area (Å²) in [6.07, 6.45) is 5.34. The van der Waals surface area contributed by atoms with Gasteiger partial charge in [0, 0.05) is 38.8 Å². The van der Waals surface area contributed by atoms with Gasteiger partial charge < -0.3 is 14.7 Å². The smallest absolute Gasteiger partial charge is 0.222 e. The minimum absolute atomic E-state index is 0.225. The SMILES string of the molecule is CCOCCCC(=O)N1CCCC1CCCO. The molecule has 0 radical (unpaired) electrons. The predicted octanol–water partition coefficient (Wildman–Crippen LogP) is 1.57. The number of carbonyl (C=O) groups is 1. The Labute approximate surface area is 104 Å². The van der Waals surface area contributed by atoms with Gasteiger partial charge >= 0.3 is 0 Å². The third-order valence-corrected chi connectivity index (χ3v) is 3.28. The highest BCUT2D eigenvalue weighted by molar-refractivity contribution is 5.76. The van der Waals surface area contributed by atoms with E-state index in [1.807, 2.05) is 11.8 Å². The van der Waals surface area contributed by atoms with Crippen LogP contribution in [-0.4, -0.2) is 48.3 Å². The number of likely N-dealkylation sites (tertiary alicyclic amines) is 1. The molecule has 0 aromatic rings. The molecule has 0 aromatic carbocycles. The second kappa shape index (κ2) is 8.48. The van der Waals surface area contributed by atoms with Gasteiger partial charge in [0.15, 0.2) is 0 Å². The van der Waals surface area contributed by atoms with Crippen LogP contribution >= 0.6 is 0 Å². The maximum Gasteiger partial charge on any atom is 0.222 e. The normalized spacial score (nSPS) is 19.9. The molecule has 4 nitrogen and oxygen atoms in total. The van der Waals surface area contributed by atoms with Crippen molar-refractivity contribution >= 4 is 5.91 Å². The van der Waals surface area contributed by atoms with E-state index >= 15 is 0 Å². The van der Waals surface area contributed by atoms with Crippen molar-refractivity contribution < 1.29 is 14.6 Å². The van der Waals surface area contributed by atoms with Gasteiger partial charge in [-0.25, -0.2) is 0 Å². The molecule has 0 aromatic heterocycles. The number of carbonyl (C=O) groups excluding carboxylic acids is 1. The fraction of sp³-hybridized carbons (Fsp3) is 0.923. The molecule has 1 N–H and O–H groups in total. The van der Waals surface area contributed by atoms with Crippen molar-refractivity contribution in [3.63, 3.8) is 0 Å². The quantitative estimate of drug-likeness (QED) is 0.658. The summed E-state index contributed by atoms with van der Waals surface area (Å²) in [5, 5.41) is 8.83. The van der Waals surface area contributed by atoms with Gasteiger partial charge in [-0.1, -0.05) is 0 Å². The van der Waals surface area contributed by atoms with Crippen molar-refractivity contribution in [2.75, 3.05) is 26.4 Å². The molecule has 0 bridgehead atoms. The van der Waals surface area contributed by atoms with Crippen LogP contribution in [0.1, 0.15) is 45.4 Å². The van der Waals surface area contributed by atoms with Gasteiger partial charge in [-0.15, -0.1) is 0 Å². The third kappa shape index (κ3) is 5.04. The molecule has 1 atom stereocenters. The summed E-state index contributed by atoms with van der Waals surface area (Å²) in [4.78, 5) is 14.0. The van der Waals surface area contributed by atoms with Crippen LogP contribution in [0.3, 0.4) is 0 Å². The molecule has 1 heterocycles. The summed E-state index contributed by atoms with van der Waals surface area (Å²) in [6.45, 7) is 4.48. The Morgan fingerprint density at radius 2 is 2.29 bits per heavy atom. The Morgan fingerprint density at radius 1 is 1.47 bits per heavy atom. The van der Waals surface area contributed by atoms with Gasteiger partial charge in [-0.3, -0.25) is 4.79 Å². The first-order chi connectivity index (χ1) is 8.29. The molecular formula is C13H25NO3. The molecule has 1 unspecified atom stereocenters. The van der Waals surface area contributed by atoms with Crippen LogP contribution in [-0.2, 0) is 9.53 Å². The lowest BCUT2D eigenvalue weighted by Gasteiger charge is -2.24. The Morgan fingerprint density at radius 3 is 3.00 bits per heavy atom. The number of ether oxygens (including phenoxy) is 1. The number of aliphatic hydroxyl groups is 1. The van der Waals surface area contributed by atoms with E-state index in [0.29, 0.717) is 19.1 Å². The van der Waals surface area contributed by atoms with Gasteiger partial charge in [0.25, 0.3) is 0 Å². The van der Waals surface area contributed by atoms with Crippen LogP contribution in [0.5, 0.6) is 0 Å². The first kappa shape index (κ1) is 14.5. The van der Waals surface area contributed by atoms with E-state index in [2.05, 4.69) is 0 Å². The van der Waals surface area contributed by atoms with Crippen LogP contribution < -0.4 is 0 Å². The number of rotatable bonds is 8. The van der Waals surface area contributed by atoms with Crippen LogP contribution in [0.2, 0.25) is 0 Å². The molecule has 1 aliphatic rings. The van der Waals surface area contributed by atoms with Gasteiger partial charge in [-0.05, 0) is 39.0 Å². The molecule has 1 aliphatic heterocycles. The molecule has 100 valence electrons. The second-order valence-corrected chi connectivity index (χ2v) is 4.55. The molecule has 17 heavy (non-hydrogen) atoms. The second-order valence-electron chi connectivity index (χ2n) is 4.55. The van der Waals surface area contributed by atoms with E-state index in [9.17, 15) is 4.79 Å². The predicted molar refractivity (Wildman–Crippen MR) is 66.8 cm³/mol. The summed E-state index contributed by atoms with van der Waals surface area (Å²) in [5.74, 6) is 0.255. The highest BCUT2D eigenvalue weighted by Gasteiger charge is 2.27. The highest BCUT2D eigenvalue weighted by Crippen LogP contribution is 2.22. The van der Waals surface area contributed by atoms with Crippen molar-refractivity contribution in [3.05, 3.63) is 0 Å². The van der Waals surface area contributed by atoms with E-state index in [4.69, 9.17) is 9.84 Å². The maximum atomic E-state index is 12.0. The average molecular weight is 243 g/mol. The highest BCUT2D eigenvalue weighted by atomic mass is 16.5. The van der Waals surface area contributed by atoms with Gasteiger partial charge in [0.2, 0.25) is 5.91 Å². The van der Waals surface area contributed by atoms with Crippen molar-refractivity contribution in [1.29, 1.82) is 0 Å². The monoisotopic (exact) mass is 243 g/mol. The van der Waals surface area contributed by atoms with Crippen LogP contribution in [0.4, 0.5) is 0 Å². The largest absolute Gasteiger partial charge is 0.396 e. The lowest BCUT2D eigenvalue weighted by Crippen LogP contribution is -2.35. The summed E-state index contributed by atoms with van der Waals surface area (Å²) in [5.41, 5.74) is 0. The van der Waals surface area contributed by atoms with E-state index in [1.165, 1.54) is 0 Å². The summed E-state index contributed by atoms with van der Waals surface area (Å²) in [6, 6.07) is 0.363. The van der Waals surface area contributed by atoms with Crippen molar-refractivity contribution in [1.82, 2.24) is 4.90 Å². The zero-order valence-electron chi connectivity index (χ0n) is 10.9. The molecular weight excluding hydrogens is 218 g/mol. The van der Waals surface area contributed by atoms with Crippen molar-refractivity contribution in [3.8, 4) is 0 Å². The zero-order chi connectivity index (χ0) is 12.5. The molecule has 1 rings (SSSR count). The topological polar surface area (TPSA) is 49.8 Å². The first-order valence-corrected chi connectivity index (χ1v) is 6.77. The minimum atomic E-state index is 0.225. The number of hydrogen-bond acceptors (Lipinski definition) is 3. The number of hydrogen-bond donors (Lipinski definition) is 1. The summed E-state index contributed by atoms with van der Waals surface area (Å²) in [7, 11) is 0. The number of nitrogens with zero attached hydrogens (tertiary/aromatic N) is 1. The fourth-order valence-electron chi connectivity index (χ4n) is 2.40. The molecule has 0 spiro atoms. The van der Waals surface area contributed by atoms with E-state index in [-0.39, 0.29) is 12.5 Å². The average Bonchev–Trinajstić information content (AvgIpc) is 2.80. The van der Waals surface area contributed by atoms with Crippen molar-refractivity contribution in [2.24, 2.45) is 0 Å². The Kier molecular flexibility index (Phi) is 7.21. The lowest BCUT2D eigenvalue weighted by atomic mass is 10.1. The van der Waals surface area contributed by atoms with Crippen molar-refractivity contribution in [2.45, 2.75) is 51.5 Å². The van der Waals surface area contributed by atoms with Crippen LogP contribution in [0.15, 0.2) is 0 Å². The molecule has 0 saturated carbocycles. The Bertz CT molecular complexity index is 221. The molecule has 1 amide bonds. The first-order valence-electron chi connectivity index (χ1n) is 6.77. The minimum Gasteiger partial charge on any atom is -0.396 e. The van der Waals surface area contributed by atoms with Gasteiger partial charge in [0.05, 0.1) is 0 Å². The van der Waals surface area contributed by atoms with E-state index in [0.717, 1.165) is 45.3 Å². The van der Waals surface area contributed by atoms with Crippen LogP contribution in [0.25, 0.3) is 0 Å². The molecule has 0 aliphatic carbocycles. The fourth-order valence-corrected chi connectivity index (χ4v) is 2.40. The number of amides is 1. The van der Waals surface area contributed by atoms with E-state index in [1.54, 1.807) is 0 Å². The summed E-state index contributed by atoms with van der Waals surface area (Å²) < 4.78 is 5.23. The standard InChI is InChI=1S/C13H25NO3/c1-2-17-11-5-8-13(16)14-9-3-6-12(14)7-4-10-15/h12,15H,2-11H2,1H3. The third-order valence-electron chi connectivity index (χ3n) is 3.28. The maximum absolute atomic E-state index is 12.0. The summed E-state index contributed by atoms with van der Waals surface area (Å²) >= 11 is 0.